The van der Waals surface area contributed by atoms with Crippen LogP contribution in [-0.2, 0) is 25.1 Å². The van der Waals surface area contributed by atoms with Crippen molar-refractivity contribution in [3.63, 3.8) is 0 Å². The van der Waals surface area contributed by atoms with E-state index in [1.165, 1.54) is 0 Å². The van der Waals surface area contributed by atoms with Gasteiger partial charge in [-0.25, -0.2) is 13.4 Å². The van der Waals surface area contributed by atoms with Gasteiger partial charge >= 0.3 is 0 Å². The number of carbonyl (C=O) groups excluding carboxylic acids is 1. The van der Waals surface area contributed by atoms with Gasteiger partial charge < -0.3 is 14.6 Å². The minimum atomic E-state index is -3.52. The standard InChI is InChI=1S/C39H38N4O4S/c1-42(30-19-21-47-22-20-30)25-36(44)43(2)31-16-14-28(15-17-31)34-24-40-39-38(37(34)29-9-5-3-6-10-29)33-23-27(13-18-35(33)41-39)26-48(45,46)32-11-7-4-8-12-32/h3-18,23-24,30H,19-22,25-26H2,1-2H3,(H,40,41). The van der Waals surface area contributed by atoms with Crippen LogP contribution in [0, 0.1) is 0 Å². The second-order valence-corrected chi connectivity index (χ2v) is 14.5. The number of nitrogens with zero attached hydrogens (tertiary/aromatic N) is 3. The quantitative estimate of drug-likeness (QED) is 0.178. The molecule has 0 unspecified atom stereocenters. The number of sulfone groups is 1. The molecule has 0 radical (unpaired) electrons. The van der Waals surface area contributed by atoms with Crippen molar-refractivity contribution in [3.8, 4) is 22.3 Å². The molecule has 9 heteroatoms. The summed E-state index contributed by atoms with van der Waals surface area (Å²) in [4.78, 5) is 25.7. The first kappa shape index (κ1) is 31.8. The Morgan fingerprint density at radius 1 is 0.875 bits per heavy atom. The number of rotatable bonds is 9. The smallest absolute Gasteiger partial charge is 0.240 e. The molecule has 0 aliphatic carbocycles. The highest BCUT2D eigenvalue weighted by molar-refractivity contribution is 7.90. The summed E-state index contributed by atoms with van der Waals surface area (Å²) in [6.45, 7) is 1.82. The highest BCUT2D eigenvalue weighted by atomic mass is 32.2. The van der Waals surface area contributed by atoms with Gasteiger partial charge in [0.1, 0.15) is 5.65 Å². The van der Waals surface area contributed by atoms with Gasteiger partial charge in [0.2, 0.25) is 5.91 Å². The highest BCUT2D eigenvalue weighted by Crippen LogP contribution is 2.41. The first-order chi connectivity index (χ1) is 23.3. The third kappa shape index (κ3) is 6.36. The summed E-state index contributed by atoms with van der Waals surface area (Å²) in [5.41, 5.74) is 7.06. The van der Waals surface area contributed by atoms with Crippen LogP contribution in [0.3, 0.4) is 0 Å². The molecule has 1 fully saturated rings. The number of amides is 1. The van der Waals surface area contributed by atoms with Gasteiger partial charge in [-0.15, -0.1) is 0 Å². The average Bonchev–Trinajstić information content (AvgIpc) is 3.50. The predicted octanol–water partition coefficient (Wildman–Crippen LogP) is 7.10. The second-order valence-electron chi connectivity index (χ2n) is 12.5. The Labute approximate surface area is 280 Å². The lowest BCUT2D eigenvalue weighted by Crippen LogP contribution is -2.43. The van der Waals surface area contributed by atoms with Gasteiger partial charge in [-0.05, 0) is 73.0 Å². The third-order valence-corrected chi connectivity index (χ3v) is 11.0. The molecule has 2 aromatic heterocycles. The van der Waals surface area contributed by atoms with Crippen LogP contribution in [0.5, 0.6) is 0 Å². The van der Waals surface area contributed by atoms with Crippen molar-refractivity contribution in [2.75, 3.05) is 38.8 Å². The summed E-state index contributed by atoms with van der Waals surface area (Å²) in [5.74, 6) is -0.0694. The summed E-state index contributed by atoms with van der Waals surface area (Å²) in [5, 5.41) is 1.84. The van der Waals surface area contributed by atoms with Gasteiger partial charge in [-0.3, -0.25) is 9.69 Å². The van der Waals surface area contributed by atoms with E-state index >= 15 is 0 Å². The summed E-state index contributed by atoms with van der Waals surface area (Å²) in [7, 11) is 0.305. The van der Waals surface area contributed by atoms with E-state index in [-0.39, 0.29) is 11.7 Å². The van der Waals surface area contributed by atoms with E-state index in [0.29, 0.717) is 23.0 Å². The zero-order valence-electron chi connectivity index (χ0n) is 27.1. The number of hydrogen-bond donors (Lipinski definition) is 1. The van der Waals surface area contributed by atoms with Crippen LogP contribution in [-0.4, -0.2) is 69.1 Å². The monoisotopic (exact) mass is 658 g/mol. The molecular weight excluding hydrogens is 621 g/mol. The van der Waals surface area contributed by atoms with Crippen molar-refractivity contribution < 1.29 is 17.9 Å². The van der Waals surface area contributed by atoms with Gasteiger partial charge in [-0.2, -0.15) is 0 Å². The molecule has 1 saturated heterocycles. The number of carbonyl (C=O) groups is 1. The lowest BCUT2D eigenvalue weighted by atomic mass is 9.92. The van der Waals surface area contributed by atoms with E-state index in [0.717, 1.165) is 75.9 Å². The fraction of sp³-hybridized carbons (Fsp3) is 0.231. The molecule has 48 heavy (non-hydrogen) atoms. The van der Waals surface area contributed by atoms with Gasteiger partial charge in [0.15, 0.2) is 9.84 Å². The van der Waals surface area contributed by atoms with Gasteiger partial charge in [0.25, 0.3) is 0 Å². The molecule has 0 saturated carbocycles. The molecular formula is C39H38N4O4S. The van der Waals surface area contributed by atoms with E-state index in [9.17, 15) is 13.2 Å². The van der Waals surface area contributed by atoms with Crippen LogP contribution in [0.2, 0.25) is 0 Å². The third-order valence-electron chi connectivity index (χ3n) is 9.35. The largest absolute Gasteiger partial charge is 0.381 e. The molecule has 1 aliphatic heterocycles. The topological polar surface area (TPSA) is 95.6 Å². The molecule has 3 heterocycles. The van der Waals surface area contributed by atoms with Crippen molar-refractivity contribution in [1.29, 1.82) is 0 Å². The van der Waals surface area contributed by atoms with Crippen molar-refractivity contribution in [2.24, 2.45) is 0 Å². The number of aromatic nitrogens is 2. The van der Waals surface area contributed by atoms with E-state index < -0.39 is 9.84 Å². The van der Waals surface area contributed by atoms with Crippen LogP contribution in [0.1, 0.15) is 18.4 Å². The summed E-state index contributed by atoms with van der Waals surface area (Å²) in [6, 6.07) is 32.9. The first-order valence-corrected chi connectivity index (χ1v) is 17.9. The molecule has 4 aromatic carbocycles. The molecule has 0 bridgehead atoms. The Morgan fingerprint density at radius 2 is 1.56 bits per heavy atom. The van der Waals surface area contributed by atoms with Gasteiger partial charge in [-0.1, -0.05) is 66.7 Å². The predicted molar refractivity (Wildman–Crippen MR) is 192 cm³/mol. The minimum Gasteiger partial charge on any atom is -0.381 e. The van der Waals surface area contributed by atoms with Crippen molar-refractivity contribution in [3.05, 3.63) is 115 Å². The normalized spacial score (nSPS) is 14.1. The number of nitrogens with one attached hydrogen (secondary N) is 1. The maximum absolute atomic E-state index is 13.3. The Bertz CT molecular complexity index is 2180. The van der Waals surface area contributed by atoms with Crippen LogP contribution >= 0.6 is 0 Å². The Hall–Kier alpha value is -4.83. The number of H-pyrrole nitrogens is 1. The number of benzene rings is 4. The zero-order valence-corrected chi connectivity index (χ0v) is 27.9. The van der Waals surface area contributed by atoms with Crippen LogP contribution in [0.4, 0.5) is 5.69 Å². The number of aromatic amines is 1. The fourth-order valence-corrected chi connectivity index (χ4v) is 7.99. The fourth-order valence-electron chi connectivity index (χ4n) is 6.63. The molecule has 0 spiro atoms. The molecule has 1 amide bonds. The van der Waals surface area contributed by atoms with Crippen molar-refractivity contribution in [2.45, 2.75) is 29.5 Å². The lowest BCUT2D eigenvalue weighted by molar-refractivity contribution is -0.120. The van der Waals surface area contributed by atoms with Gasteiger partial charge in [0, 0.05) is 65.6 Å². The lowest BCUT2D eigenvalue weighted by Gasteiger charge is -2.31. The summed E-state index contributed by atoms with van der Waals surface area (Å²) in [6.07, 6.45) is 3.76. The van der Waals surface area contributed by atoms with E-state index in [1.807, 2.05) is 87.0 Å². The average molecular weight is 659 g/mol. The molecule has 0 atom stereocenters. The molecule has 7 rings (SSSR count). The van der Waals surface area contributed by atoms with Crippen LogP contribution in [0.15, 0.2) is 114 Å². The number of ether oxygens (including phenoxy) is 1. The number of fused-ring (bicyclic) bond motifs is 3. The maximum atomic E-state index is 13.3. The highest BCUT2D eigenvalue weighted by Gasteiger charge is 2.23. The number of pyridine rings is 1. The number of anilines is 1. The molecule has 8 nitrogen and oxygen atoms in total. The minimum absolute atomic E-state index is 0.0358. The number of hydrogen-bond acceptors (Lipinski definition) is 6. The molecule has 244 valence electrons. The molecule has 1 N–H and O–H groups in total. The molecule has 6 aromatic rings. The van der Waals surface area contributed by atoms with Crippen molar-refractivity contribution in [1.82, 2.24) is 14.9 Å². The Balaban J connectivity index is 1.25. The SMILES string of the molecule is CN(C(=O)CN(C)C1CCOCC1)c1ccc(-c2cnc3[nH]c4ccc(CS(=O)(=O)c5ccccc5)cc4c3c2-c2ccccc2)cc1. The summed E-state index contributed by atoms with van der Waals surface area (Å²) >= 11 is 0. The zero-order chi connectivity index (χ0) is 33.3. The van der Waals surface area contributed by atoms with E-state index in [2.05, 4.69) is 22.0 Å². The van der Waals surface area contributed by atoms with Crippen molar-refractivity contribution >= 4 is 43.4 Å². The maximum Gasteiger partial charge on any atom is 0.240 e. The van der Waals surface area contributed by atoms with E-state index in [4.69, 9.17) is 9.72 Å². The Morgan fingerprint density at radius 3 is 2.27 bits per heavy atom. The summed E-state index contributed by atoms with van der Waals surface area (Å²) < 4.78 is 32.0. The second kappa shape index (κ2) is 13.4. The Kier molecular flexibility index (Phi) is 8.83. The number of likely N-dealkylation sites (N-methyl/N-ethyl adjacent to an activating group) is 2. The first-order valence-electron chi connectivity index (χ1n) is 16.2. The van der Waals surface area contributed by atoms with Crippen LogP contribution in [0.25, 0.3) is 44.2 Å². The van der Waals surface area contributed by atoms with Gasteiger partial charge in [0.05, 0.1) is 17.2 Å². The van der Waals surface area contributed by atoms with Crippen LogP contribution < -0.4 is 4.90 Å². The molecule has 1 aliphatic rings. The van der Waals surface area contributed by atoms with E-state index in [1.54, 1.807) is 29.2 Å².